The Bertz CT molecular complexity index is 728. The first-order chi connectivity index (χ1) is 13.2. The number of anilines is 1. The molecule has 144 valence electrons. The zero-order chi connectivity index (χ0) is 18.9. The van der Waals surface area contributed by atoms with Gasteiger partial charge in [-0.25, -0.2) is 4.79 Å². The van der Waals surface area contributed by atoms with Gasteiger partial charge in [0.2, 0.25) is 0 Å². The maximum atomic E-state index is 12.0. The van der Waals surface area contributed by atoms with Crippen LogP contribution in [0.25, 0.3) is 0 Å². The first-order valence-electron chi connectivity index (χ1n) is 9.48. The molecule has 1 saturated heterocycles. The predicted octanol–water partition coefficient (Wildman–Crippen LogP) is 3.58. The van der Waals surface area contributed by atoms with Gasteiger partial charge in [-0.05, 0) is 56.3 Å². The number of urea groups is 1. The molecule has 0 unspecified atom stereocenters. The second-order valence-electron chi connectivity index (χ2n) is 6.71. The lowest BCUT2D eigenvalue weighted by molar-refractivity contribution is 0.183. The number of likely N-dealkylation sites (tertiary alicyclic amines) is 1. The van der Waals surface area contributed by atoms with E-state index in [-0.39, 0.29) is 18.3 Å². The summed E-state index contributed by atoms with van der Waals surface area (Å²) in [7, 11) is 0. The fourth-order valence-electron chi connectivity index (χ4n) is 3.12. The summed E-state index contributed by atoms with van der Waals surface area (Å²) in [5, 5.41) is 15.2. The van der Waals surface area contributed by atoms with Crippen molar-refractivity contribution < 1.29 is 14.6 Å². The number of carbonyl (C=O) groups excluding carboxylic acids is 1. The molecule has 1 fully saturated rings. The first kappa shape index (κ1) is 19.0. The molecule has 0 atom stereocenters. The molecule has 0 saturated carbocycles. The standard InChI is InChI=1S/C21H27N3O3/c25-20-7-3-2-6-17(20)16-22-21(26)23-18-8-10-19(11-9-18)27-15-14-24-12-4-1-5-13-24/h2-3,6-11,25H,1,4-5,12-16H2,(H2,22,23,26). The SMILES string of the molecule is O=C(NCc1ccccc1O)Nc1ccc(OCCN2CCCCC2)cc1. The van der Waals surface area contributed by atoms with E-state index in [1.54, 1.807) is 18.2 Å². The largest absolute Gasteiger partial charge is 0.508 e. The molecule has 2 amide bonds. The van der Waals surface area contributed by atoms with E-state index in [2.05, 4.69) is 15.5 Å². The third kappa shape index (κ3) is 6.18. The number of para-hydroxylation sites is 1. The Morgan fingerprint density at radius 1 is 1.04 bits per heavy atom. The summed E-state index contributed by atoms with van der Waals surface area (Å²) in [6, 6.07) is 13.9. The van der Waals surface area contributed by atoms with Gasteiger partial charge >= 0.3 is 6.03 Å². The van der Waals surface area contributed by atoms with Crippen molar-refractivity contribution in [2.75, 3.05) is 31.6 Å². The number of hydrogen-bond donors (Lipinski definition) is 3. The van der Waals surface area contributed by atoms with Crippen LogP contribution in [0.15, 0.2) is 48.5 Å². The number of aromatic hydroxyl groups is 1. The minimum Gasteiger partial charge on any atom is -0.508 e. The zero-order valence-electron chi connectivity index (χ0n) is 15.5. The van der Waals surface area contributed by atoms with Crippen molar-refractivity contribution in [2.24, 2.45) is 0 Å². The molecule has 6 heteroatoms. The smallest absolute Gasteiger partial charge is 0.319 e. The molecule has 2 aromatic rings. The van der Waals surface area contributed by atoms with Gasteiger partial charge in [-0.2, -0.15) is 0 Å². The van der Waals surface area contributed by atoms with E-state index in [0.717, 1.165) is 12.3 Å². The highest BCUT2D eigenvalue weighted by atomic mass is 16.5. The molecular formula is C21H27N3O3. The van der Waals surface area contributed by atoms with Crippen LogP contribution in [0.3, 0.4) is 0 Å². The summed E-state index contributed by atoms with van der Waals surface area (Å²) in [6.45, 7) is 4.23. The number of hydrogen-bond acceptors (Lipinski definition) is 4. The minimum atomic E-state index is -0.322. The number of carbonyl (C=O) groups is 1. The van der Waals surface area contributed by atoms with E-state index < -0.39 is 0 Å². The maximum absolute atomic E-state index is 12.0. The topological polar surface area (TPSA) is 73.8 Å². The second kappa shape index (κ2) is 9.83. The highest BCUT2D eigenvalue weighted by molar-refractivity contribution is 5.89. The van der Waals surface area contributed by atoms with Gasteiger partial charge in [-0.1, -0.05) is 24.6 Å². The molecule has 0 spiro atoms. The highest BCUT2D eigenvalue weighted by Crippen LogP contribution is 2.17. The molecule has 2 aromatic carbocycles. The van der Waals surface area contributed by atoms with Gasteiger partial charge in [0, 0.05) is 24.3 Å². The number of phenolic OH excluding ortho intramolecular Hbond substituents is 1. The van der Waals surface area contributed by atoms with Crippen LogP contribution in [0, 0.1) is 0 Å². The minimum absolute atomic E-state index is 0.170. The van der Waals surface area contributed by atoms with Crippen molar-refractivity contribution >= 4 is 11.7 Å². The third-order valence-corrected chi connectivity index (χ3v) is 4.67. The van der Waals surface area contributed by atoms with Crippen LogP contribution >= 0.6 is 0 Å². The summed E-state index contributed by atoms with van der Waals surface area (Å²) in [5.41, 5.74) is 1.36. The molecule has 0 aliphatic carbocycles. The molecule has 0 bridgehead atoms. The Kier molecular flexibility index (Phi) is 6.93. The monoisotopic (exact) mass is 369 g/mol. The van der Waals surface area contributed by atoms with Gasteiger partial charge in [0.15, 0.2) is 0 Å². The van der Waals surface area contributed by atoms with Gasteiger partial charge in [0.1, 0.15) is 18.1 Å². The maximum Gasteiger partial charge on any atom is 0.319 e. The fraction of sp³-hybridized carbons (Fsp3) is 0.381. The lowest BCUT2D eigenvalue weighted by atomic mass is 10.1. The fourth-order valence-corrected chi connectivity index (χ4v) is 3.12. The normalized spacial score (nSPS) is 14.5. The van der Waals surface area contributed by atoms with Crippen LogP contribution < -0.4 is 15.4 Å². The van der Waals surface area contributed by atoms with Gasteiger partial charge < -0.3 is 20.5 Å². The Morgan fingerprint density at radius 3 is 2.52 bits per heavy atom. The Hall–Kier alpha value is -2.73. The number of phenols is 1. The number of nitrogens with zero attached hydrogens (tertiary/aromatic N) is 1. The van der Waals surface area contributed by atoms with E-state index >= 15 is 0 Å². The molecule has 3 rings (SSSR count). The molecule has 1 aliphatic rings. The van der Waals surface area contributed by atoms with Crippen molar-refractivity contribution in [3.05, 3.63) is 54.1 Å². The summed E-state index contributed by atoms with van der Waals surface area (Å²) in [6.07, 6.45) is 3.91. The molecule has 3 N–H and O–H groups in total. The Balaban J connectivity index is 1.39. The van der Waals surface area contributed by atoms with E-state index in [0.29, 0.717) is 17.9 Å². The number of benzene rings is 2. The van der Waals surface area contributed by atoms with E-state index in [1.165, 1.54) is 32.4 Å². The molecular weight excluding hydrogens is 342 g/mol. The van der Waals surface area contributed by atoms with Crippen molar-refractivity contribution in [3.8, 4) is 11.5 Å². The number of amides is 2. The van der Waals surface area contributed by atoms with E-state index in [9.17, 15) is 9.90 Å². The summed E-state index contributed by atoms with van der Waals surface area (Å²) < 4.78 is 5.79. The molecule has 0 aromatic heterocycles. The molecule has 1 heterocycles. The second-order valence-corrected chi connectivity index (χ2v) is 6.71. The van der Waals surface area contributed by atoms with Crippen molar-refractivity contribution in [1.82, 2.24) is 10.2 Å². The van der Waals surface area contributed by atoms with Gasteiger partial charge in [-0.3, -0.25) is 4.90 Å². The quantitative estimate of drug-likeness (QED) is 0.697. The number of rotatable bonds is 7. The Labute approximate surface area is 160 Å². The van der Waals surface area contributed by atoms with Crippen molar-refractivity contribution in [3.63, 3.8) is 0 Å². The number of piperidine rings is 1. The summed E-state index contributed by atoms with van der Waals surface area (Å²) in [4.78, 5) is 14.4. The van der Waals surface area contributed by atoms with Crippen LogP contribution in [0.2, 0.25) is 0 Å². The van der Waals surface area contributed by atoms with Gasteiger partial charge in [0.25, 0.3) is 0 Å². The van der Waals surface area contributed by atoms with Crippen LogP contribution in [0.5, 0.6) is 11.5 Å². The van der Waals surface area contributed by atoms with Crippen LogP contribution in [0.1, 0.15) is 24.8 Å². The summed E-state index contributed by atoms with van der Waals surface area (Å²) >= 11 is 0. The average Bonchev–Trinajstić information content (AvgIpc) is 2.69. The third-order valence-electron chi connectivity index (χ3n) is 4.67. The molecule has 1 aliphatic heterocycles. The lowest BCUT2D eigenvalue weighted by Gasteiger charge is -2.26. The van der Waals surface area contributed by atoms with E-state index in [1.807, 2.05) is 30.3 Å². The summed E-state index contributed by atoms with van der Waals surface area (Å²) in [5.74, 6) is 0.969. The molecule has 6 nitrogen and oxygen atoms in total. The Morgan fingerprint density at radius 2 is 1.78 bits per heavy atom. The van der Waals surface area contributed by atoms with Crippen LogP contribution in [-0.4, -0.2) is 42.3 Å². The van der Waals surface area contributed by atoms with Crippen molar-refractivity contribution in [1.29, 1.82) is 0 Å². The predicted molar refractivity (Wildman–Crippen MR) is 106 cm³/mol. The van der Waals surface area contributed by atoms with Gasteiger partial charge in [-0.15, -0.1) is 0 Å². The average molecular weight is 369 g/mol. The van der Waals surface area contributed by atoms with Gasteiger partial charge in [0.05, 0.1) is 0 Å². The first-order valence-corrected chi connectivity index (χ1v) is 9.48. The number of ether oxygens (including phenoxy) is 1. The van der Waals surface area contributed by atoms with Crippen LogP contribution in [0.4, 0.5) is 10.5 Å². The lowest BCUT2D eigenvalue weighted by Crippen LogP contribution is -2.33. The molecule has 0 radical (unpaired) electrons. The zero-order valence-corrected chi connectivity index (χ0v) is 15.5. The highest BCUT2D eigenvalue weighted by Gasteiger charge is 2.09. The van der Waals surface area contributed by atoms with Crippen molar-refractivity contribution in [2.45, 2.75) is 25.8 Å². The van der Waals surface area contributed by atoms with Crippen LogP contribution in [-0.2, 0) is 6.54 Å². The number of nitrogens with one attached hydrogen (secondary N) is 2. The molecule has 27 heavy (non-hydrogen) atoms. The van der Waals surface area contributed by atoms with E-state index in [4.69, 9.17) is 4.74 Å².